The summed E-state index contributed by atoms with van der Waals surface area (Å²) in [6.45, 7) is 1.86. The van der Waals surface area contributed by atoms with Crippen molar-refractivity contribution in [2.75, 3.05) is 29.6 Å². The van der Waals surface area contributed by atoms with Crippen LogP contribution in [0.5, 0.6) is 5.75 Å². The molecule has 0 saturated heterocycles. The van der Waals surface area contributed by atoms with Crippen molar-refractivity contribution in [2.45, 2.75) is 13.0 Å². The molecule has 0 saturated carbocycles. The van der Waals surface area contributed by atoms with Gasteiger partial charge in [0.1, 0.15) is 18.5 Å². The number of nitrogens with one attached hydrogen (secondary N) is 2. The minimum atomic E-state index is -0.720. The number of aliphatic hydroxyl groups is 1. The molecule has 0 radical (unpaired) electrons. The molecule has 0 aliphatic rings. The third-order valence-corrected chi connectivity index (χ3v) is 5.05. The van der Waals surface area contributed by atoms with Gasteiger partial charge >= 0.3 is 6.09 Å². The molecule has 182 valence electrons. The number of para-hydroxylation sites is 3. The number of amides is 2. The Morgan fingerprint density at radius 2 is 1.74 bits per heavy atom. The van der Waals surface area contributed by atoms with Gasteiger partial charge in [-0.15, -0.1) is 0 Å². The molecular weight excluding hydrogens is 446 g/mol. The van der Waals surface area contributed by atoms with E-state index in [9.17, 15) is 9.59 Å². The lowest BCUT2D eigenvalue weighted by Gasteiger charge is -2.23. The lowest BCUT2D eigenvalue weighted by molar-refractivity contribution is -0.111. The highest BCUT2D eigenvalue weighted by Crippen LogP contribution is 2.30. The van der Waals surface area contributed by atoms with Gasteiger partial charge in [-0.25, -0.2) is 4.79 Å². The number of benzene rings is 3. The predicted molar refractivity (Wildman–Crippen MR) is 136 cm³/mol. The van der Waals surface area contributed by atoms with E-state index in [2.05, 4.69) is 10.6 Å². The second kappa shape index (κ2) is 12.8. The Labute approximate surface area is 204 Å². The molecule has 0 spiro atoms. The van der Waals surface area contributed by atoms with Crippen LogP contribution in [0.25, 0.3) is 0 Å². The minimum absolute atomic E-state index is 0.121. The van der Waals surface area contributed by atoms with Crippen LogP contribution in [0.3, 0.4) is 0 Å². The summed E-state index contributed by atoms with van der Waals surface area (Å²) in [6.07, 6.45) is 1.69. The van der Waals surface area contributed by atoms with Crippen molar-refractivity contribution in [2.24, 2.45) is 5.92 Å². The van der Waals surface area contributed by atoms with E-state index in [-0.39, 0.29) is 25.0 Å². The SMILES string of the molecule is C[C@@H](/C=C/C(=O)Nc1ccccc1N)[C@H](OC(=O)Nc1ccccc1)c1cccc(OCCO)c1. The zero-order valence-corrected chi connectivity index (χ0v) is 19.4. The maximum Gasteiger partial charge on any atom is 0.412 e. The van der Waals surface area contributed by atoms with Crippen molar-refractivity contribution in [3.8, 4) is 5.75 Å². The number of hydrogen-bond donors (Lipinski definition) is 4. The Balaban J connectivity index is 1.77. The third-order valence-electron chi connectivity index (χ3n) is 5.05. The lowest BCUT2D eigenvalue weighted by Crippen LogP contribution is -2.21. The van der Waals surface area contributed by atoms with Gasteiger partial charge in [0.2, 0.25) is 5.91 Å². The van der Waals surface area contributed by atoms with E-state index >= 15 is 0 Å². The van der Waals surface area contributed by atoms with Gasteiger partial charge in [0, 0.05) is 11.6 Å². The van der Waals surface area contributed by atoms with Crippen molar-refractivity contribution in [3.63, 3.8) is 0 Å². The Kier molecular flexibility index (Phi) is 9.27. The number of aliphatic hydroxyl groups excluding tert-OH is 1. The van der Waals surface area contributed by atoms with Gasteiger partial charge in [0.15, 0.2) is 0 Å². The quantitative estimate of drug-likeness (QED) is 0.248. The van der Waals surface area contributed by atoms with Gasteiger partial charge in [0.25, 0.3) is 0 Å². The second-order valence-corrected chi connectivity index (χ2v) is 7.76. The highest BCUT2D eigenvalue weighted by atomic mass is 16.6. The van der Waals surface area contributed by atoms with Crippen LogP contribution in [-0.4, -0.2) is 30.3 Å². The van der Waals surface area contributed by atoms with Gasteiger partial charge in [-0.3, -0.25) is 10.1 Å². The summed E-state index contributed by atoms with van der Waals surface area (Å²) in [5, 5.41) is 14.5. The van der Waals surface area contributed by atoms with Gasteiger partial charge in [-0.05, 0) is 48.0 Å². The van der Waals surface area contributed by atoms with Gasteiger partial charge in [-0.2, -0.15) is 0 Å². The molecule has 2 amide bonds. The topological polar surface area (TPSA) is 123 Å². The average molecular weight is 476 g/mol. The van der Waals surface area contributed by atoms with E-state index in [0.29, 0.717) is 28.4 Å². The molecule has 0 bridgehead atoms. The van der Waals surface area contributed by atoms with Crippen LogP contribution < -0.4 is 21.1 Å². The van der Waals surface area contributed by atoms with Crippen LogP contribution in [0.15, 0.2) is 91.0 Å². The van der Waals surface area contributed by atoms with Crippen LogP contribution in [0.1, 0.15) is 18.6 Å². The highest BCUT2D eigenvalue weighted by molar-refractivity contribution is 6.01. The number of carbonyl (C=O) groups is 2. The fourth-order valence-electron chi connectivity index (χ4n) is 3.33. The number of hydrogen-bond acceptors (Lipinski definition) is 6. The molecule has 35 heavy (non-hydrogen) atoms. The molecule has 5 N–H and O–H groups in total. The zero-order chi connectivity index (χ0) is 25.0. The van der Waals surface area contributed by atoms with Crippen molar-refractivity contribution in [3.05, 3.63) is 96.6 Å². The van der Waals surface area contributed by atoms with Crippen LogP contribution in [0, 0.1) is 5.92 Å². The van der Waals surface area contributed by atoms with Crippen molar-refractivity contribution >= 4 is 29.1 Å². The lowest BCUT2D eigenvalue weighted by atomic mass is 9.96. The number of carbonyl (C=O) groups excluding carboxylic acids is 2. The molecule has 8 heteroatoms. The summed E-state index contributed by atoms with van der Waals surface area (Å²) in [4.78, 5) is 25.1. The number of rotatable bonds is 10. The molecule has 0 aliphatic carbocycles. The van der Waals surface area contributed by atoms with Crippen molar-refractivity contribution in [1.29, 1.82) is 0 Å². The molecule has 3 rings (SSSR count). The fraction of sp³-hybridized carbons (Fsp3) is 0.185. The zero-order valence-electron chi connectivity index (χ0n) is 19.4. The molecular formula is C27H29N3O5. The monoisotopic (exact) mass is 475 g/mol. The molecule has 2 atom stereocenters. The van der Waals surface area contributed by atoms with Crippen LogP contribution >= 0.6 is 0 Å². The number of anilines is 3. The van der Waals surface area contributed by atoms with Gasteiger partial charge in [-0.1, -0.05) is 55.5 Å². The smallest absolute Gasteiger partial charge is 0.412 e. The van der Waals surface area contributed by atoms with Crippen molar-refractivity contribution in [1.82, 2.24) is 0 Å². The second-order valence-electron chi connectivity index (χ2n) is 7.76. The molecule has 3 aromatic rings. The molecule has 0 aliphatic heterocycles. The summed E-state index contributed by atoms with van der Waals surface area (Å²) >= 11 is 0. The van der Waals surface area contributed by atoms with Crippen LogP contribution in [0.2, 0.25) is 0 Å². The maximum absolute atomic E-state index is 12.7. The summed E-state index contributed by atoms with van der Waals surface area (Å²) < 4.78 is 11.3. The Morgan fingerprint density at radius 1 is 1.00 bits per heavy atom. The summed E-state index contributed by atoms with van der Waals surface area (Å²) in [7, 11) is 0. The maximum atomic E-state index is 12.7. The Bertz CT molecular complexity index is 1150. The van der Waals surface area contributed by atoms with E-state index < -0.39 is 12.2 Å². The van der Waals surface area contributed by atoms with Gasteiger partial charge in [0.05, 0.1) is 18.0 Å². The molecule has 0 heterocycles. The van der Waals surface area contributed by atoms with E-state index in [0.717, 1.165) is 0 Å². The average Bonchev–Trinajstić information content (AvgIpc) is 2.87. The number of nitrogens with two attached hydrogens (primary N) is 1. The van der Waals surface area contributed by atoms with Crippen molar-refractivity contribution < 1.29 is 24.2 Å². The first-order valence-corrected chi connectivity index (χ1v) is 11.2. The first-order valence-electron chi connectivity index (χ1n) is 11.2. The largest absolute Gasteiger partial charge is 0.491 e. The molecule has 0 aromatic heterocycles. The first kappa shape index (κ1) is 25.3. The summed E-state index contributed by atoms with van der Waals surface area (Å²) in [5.74, 6) is -0.201. The standard InChI is InChI=1S/C27H29N3O5/c1-19(14-15-25(32)30-24-13-6-5-12-23(24)28)26(20-8-7-11-22(18-20)34-17-16-31)35-27(33)29-21-9-3-2-4-10-21/h2-15,18-19,26,31H,16-17,28H2,1H3,(H,29,33)(H,30,32)/b15-14+/t19-,26-/m0/s1. The number of nitrogen functional groups attached to an aromatic ring is 1. The minimum Gasteiger partial charge on any atom is -0.491 e. The third kappa shape index (κ3) is 7.90. The first-order chi connectivity index (χ1) is 17.0. The Hall–Kier alpha value is -4.30. The van der Waals surface area contributed by atoms with E-state index in [1.807, 2.05) is 13.0 Å². The summed E-state index contributed by atoms with van der Waals surface area (Å²) in [6, 6.07) is 23.0. The van der Waals surface area contributed by atoms with E-state index in [1.165, 1.54) is 6.08 Å². The highest BCUT2D eigenvalue weighted by Gasteiger charge is 2.23. The normalized spacial score (nSPS) is 12.5. The van der Waals surface area contributed by atoms with Gasteiger partial charge < -0.3 is 25.6 Å². The predicted octanol–water partition coefficient (Wildman–Crippen LogP) is 4.76. The Morgan fingerprint density at radius 3 is 2.49 bits per heavy atom. The van der Waals surface area contributed by atoms with E-state index in [4.69, 9.17) is 20.3 Å². The molecule has 8 nitrogen and oxygen atoms in total. The molecule has 3 aromatic carbocycles. The number of ether oxygens (including phenoxy) is 2. The fourth-order valence-corrected chi connectivity index (χ4v) is 3.33. The van der Waals surface area contributed by atoms with E-state index in [1.54, 1.807) is 78.9 Å². The molecule has 0 fully saturated rings. The molecule has 0 unspecified atom stereocenters. The van der Waals surface area contributed by atoms with Crippen LogP contribution in [0.4, 0.5) is 21.9 Å². The summed E-state index contributed by atoms with van der Waals surface area (Å²) in [5.41, 5.74) is 8.13. The van der Waals surface area contributed by atoms with Crippen LogP contribution in [-0.2, 0) is 9.53 Å².